The lowest BCUT2D eigenvalue weighted by atomic mass is 9.75. The molecule has 0 spiro atoms. The monoisotopic (exact) mass is 401 g/mol. The van der Waals surface area contributed by atoms with Crippen molar-refractivity contribution in [1.29, 1.82) is 0 Å². The number of H-pyrrole nitrogens is 1. The maximum Gasteiger partial charge on any atom is 0.316 e. The Balaban J connectivity index is 1.71. The van der Waals surface area contributed by atoms with Crippen LogP contribution < -0.4 is 10.6 Å². The third kappa shape index (κ3) is 2.79. The first kappa shape index (κ1) is 18.5. The first-order valence-electron chi connectivity index (χ1n) is 10.1. The van der Waals surface area contributed by atoms with Crippen LogP contribution in [-0.4, -0.2) is 23.8 Å². The van der Waals surface area contributed by atoms with Crippen LogP contribution in [0.2, 0.25) is 0 Å². The summed E-state index contributed by atoms with van der Waals surface area (Å²) >= 11 is 0. The van der Waals surface area contributed by atoms with E-state index in [-0.39, 0.29) is 17.7 Å². The number of esters is 1. The van der Waals surface area contributed by atoms with E-state index in [0.29, 0.717) is 12.0 Å². The van der Waals surface area contributed by atoms with Gasteiger partial charge in [0.05, 0.1) is 24.5 Å². The molecule has 6 heteroatoms. The molecule has 0 radical (unpaired) electrons. The number of ketones is 1. The molecule has 0 bridgehead atoms. The highest BCUT2D eigenvalue weighted by Gasteiger charge is 2.44. The van der Waals surface area contributed by atoms with Crippen molar-refractivity contribution in [2.24, 2.45) is 11.8 Å². The highest BCUT2D eigenvalue weighted by atomic mass is 16.5. The van der Waals surface area contributed by atoms with Crippen molar-refractivity contribution in [1.82, 2.24) is 4.98 Å². The van der Waals surface area contributed by atoms with Crippen molar-refractivity contribution < 1.29 is 14.3 Å². The Morgan fingerprint density at radius 2 is 1.80 bits per heavy atom. The number of hydrogen-bond donors (Lipinski definition) is 3. The minimum absolute atomic E-state index is 0.148. The molecule has 2 aliphatic rings. The Kier molecular flexibility index (Phi) is 4.35. The van der Waals surface area contributed by atoms with E-state index in [2.05, 4.69) is 15.6 Å². The topological polar surface area (TPSA) is 83.2 Å². The van der Waals surface area contributed by atoms with E-state index >= 15 is 0 Å². The van der Waals surface area contributed by atoms with Gasteiger partial charge in [-0.3, -0.25) is 9.59 Å². The summed E-state index contributed by atoms with van der Waals surface area (Å²) in [5.41, 5.74) is 5.28. The lowest BCUT2D eigenvalue weighted by Gasteiger charge is -2.32. The zero-order valence-electron chi connectivity index (χ0n) is 16.9. The Hall–Kier alpha value is -3.54. The molecular formula is C24H23N3O3. The van der Waals surface area contributed by atoms with Crippen molar-refractivity contribution in [2.75, 3.05) is 17.7 Å². The molecule has 6 nitrogen and oxygen atoms in total. The lowest BCUT2D eigenvalue weighted by molar-refractivity contribution is -0.151. The van der Waals surface area contributed by atoms with Crippen molar-refractivity contribution in [3.63, 3.8) is 0 Å². The van der Waals surface area contributed by atoms with E-state index in [9.17, 15) is 9.59 Å². The first-order chi connectivity index (χ1) is 14.6. The second-order valence-electron chi connectivity index (χ2n) is 7.98. The van der Waals surface area contributed by atoms with Crippen molar-refractivity contribution in [3.05, 3.63) is 71.6 Å². The largest absolute Gasteiger partial charge is 0.468 e. The Bertz CT molecular complexity index is 1190. The number of allylic oxidation sites excluding steroid dienone is 1. The van der Waals surface area contributed by atoms with E-state index in [1.54, 1.807) is 0 Å². The molecule has 3 aromatic rings. The second-order valence-corrected chi connectivity index (χ2v) is 7.98. The van der Waals surface area contributed by atoms with Crippen LogP contribution in [0.1, 0.15) is 24.9 Å². The SMILES string of the molecule is COC(=O)[C@H]1C(=O)C2=C(C[C@H]1C)Nc1ccccc1N[C@H]2c1c[nH]c2ccccc12. The van der Waals surface area contributed by atoms with Crippen LogP contribution in [0.3, 0.4) is 0 Å². The molecule has 0 fully saturated rings. The number of nitrogens with one attached hydrogen (secondary N) is 3. The van der Waals surface area contributed by atoms with Crippen molar-refractivity contribution >= 4 is 34.0 Å². The van der Waals surface area contributed by atoms with Gasteiger partial charge in [0, 0.05) is 33.9 Å². The summed E-state index contributed by atoms with van der Waals surface area (Å²) in [6, 6.07) is 15.5. The van der Waals surface area contributed by atoms with Gasteiger partial charge in [0.25, 0.3) is 0 Å². The van der Waals surface area contributed by atoms with Crippen molar-refractivity contribution in [2.45, 2.75) is 19.4 Å². The molecule has 1 aliphatic carbocycles. The van der Waals surface area contributed by atoms with Crippen LogP contribution in [-0.2, 0) is 14.3 Å². The number of fused-ring (bicyclic) bond motifs is 2. The summed E-state index contributed by atoms with van der Waals surface area (Å²) in [4.78, 5) is 29.4. The minimum Gasteiger partial charge on any atom is -0.468 e. The van der Waals surface area contributed by atoms with E-state index in [0.717, 1.165) is 33.5 Å². The van der Waals surface area contributed by atoms with Gasteiger partial charge in [0.1, 0.15) is 5.92 Å². The average Bonchev–Trinajstić information content (AvgIpc) is 3.10. The third-order valence-corrected chi connectivity index (χ3v) is 6.16. The molecule has 1 aromatic heterocycles. The fourth-order valence-electron chi connectivity index (χ4n) is 4.70. The maximum absolute atomic E-state index is 13.7. The fraction of sp³-hybridized carbons (Fsp3) is 0.250. The quantitative estimate of drug-likeness (QED) is 0.438. The number of Topliss-reactive ketones (excluding diaryl/α,β-unsaturated/α-hetero) is 1. The zero-order valence-corrected chi connectivity index (χ0v) is 16.9. The Labute approximate surface area is 174 Å². The van der Waals surface area contributed by atoms with E-state index in [4.69, 9.17) is 4.74 Å². The predicted octanol–water partition coefficient (Wildman–Crippen LogP) is 4.40. The molecule has 1 aliphatic heterocycles. The van der Waals surface area contributed by atoms with Crippen LogP contribution in [0.5, 0.6) is 0 Å². The molecule has 3 atom stereocenters. The Morgan fingerprint density at radius 1 is 1.07 bits per heavy atom. The van der Waals surface area contributed by atoms with Gasteiger partial charge in [-0.25, -0.2) is 0 Å². The molecule has 152 valence electrons. The molecular weight excluding hydrogens is 378 g/mol. The Morgan fingerprint density at radius 3 is 2.60 bits per heavy atom. The molecule has 0 saturated carbocycles. The van der Waals surface area contributed by atoms with Crippen LogP contribution in [0, 0.1) is 11.8 Å². The summed E-state index contributed by atoms with van der Waals surface area (Å²) in [5, 5.41) is 8.08. The number of carbonyl (C=O) groups is 2. The number of aromatic amines is 1. The van der Waals surface area contributed by atoms with Gasteiger partial charge in [0.15, 0.2) is 5.78 Å². The molecule has 0 saturated heterocycles. The van der Waals surface area contributed by atoms with E-state index < -0.39 is 11.9 Å². The zero-order chi connectivity index (χ0) is 20.8. The van der Waals surface area contributed by atoms with Gasteiger partial charge in [-0.1, -0.05) is 37.3 Å². The fourth-order valence-corrected chi connectivity index (χ4v) is 4.70. The number of carbonyl (C=O) groups excluding carboxylic acids is 2. The highest BCUT2D eigenvalue weighted by molar-refractivity contribution is 6.11. The molecule has 5 rings (SSSR count). The number of rotatable bonds is 2. The number of methoxy groups -OCH3 is 1. The van der Waals surface area contributed by atoms with Gasteiger partial charge < -0.3 is 20.4 Å². The number of para-hydroxylation sites is 3. The van der Waals surface area contributed by atoms with Crippen LogP contribution in [0.25, 0.3) is 10.9 Å². The number of benzene rings is 2. The molecule has 2 aromatic carbocycles. The summed E-state index contributed by atoms with van der Waals surface area (Å²) in [7, 11) is 1.34. The summed E-state index contributed by atoms with van der Waals surface area (Å²) < 4.78 is 4.97. The number of ether oxygens (including phenoxy) is 1. The van der Waals surface area contributed by atoms with Gasteiger partial charge in [-0.2, -0.15) is 0 Å². The maximum atomic E-state index is 13.7. The number of aromatic nitrogens is 1. The predicted molar refractivity (Wildman–Crippen MR) is 116 cm³/mol. The minimum atomic E-state index is -0.800. The summed E-state index contributed by atoms with van der Waals surface area (Å²) in [5.74, 6) is -1.60. The van der Waals surface area contributed by atoms with Crippen LogP contribution in [0.15, 0.2) is 66.0 Å². The van der Waals surface area contributed by atoms with Gasteiger partial charge in [-0.05, 0) is 30.5 Å². The van der Waals surface area contributed by atoms with Crippen molar-refractivity contribution in [3.8, 4) is 0 Å². The third-order valence-electron chi connectivity index (χ3n) is 6.16. The number of hydrogen-bond acceptors (Lipinski definition) is 5. The van der Waals surface area contributed by atoms with Crippen LogP contribution >= 0.6 is 0 Å². The highest BCUT2D eigenvalue weighted by Crippen LogP contribution is 2.44. The van der Waals surface area contributed by atoms with Gasteiger partial charge in [0.2, 0.25) is 0 Å². The normalized spacial score (nSPS) is 23.1. The first-order valence-corrected chi connectivity index (χ1v) is 10.1. The second kappa shape index (κ2) is 7.06. The summed E-state index contributed by atoms with van der Waals surface area (Å²) in [6.45, 7) is 1.93. The van der Waals surface area contributed by atoms with Gasteiger partial charge in [-0.15, -0.1) is 0 Å². The molecule has 0 unspecified atom stereocenters. The number of anilines is 2. The van der Waals surface area contributed by atoms with Gasteiger partial charge >= 0.3 is 5.97 Å². The molecule has 3 N–H and O–H groups in total. The summed E-state index contributed by atoms with van der Waals surface area (Å²) in [6.07, 6.45) is 2.54. The molecule has 2 heterocycles. The molecule has 0 amide bonds. The smallest absolute Gasteiger partial charge is 0.316 e. The average molecular weight is 401 g/mol. The van der Waals surface area contributed by atoms with Crippen LogP contribution in [0.4, 0.5) is 11.4 Å². The van der Waals surface area contributed by atoms with E-state index in [1.165, 1.54) is 7.11 Å². The van der Waals surface area contributed by atoms with E-state index in [1.807, 2.05) is 61.7 Å². The standard InChI is InChI=1S/C24H23N3O3/c1-13-11-19-21(23(28)20(13)24(29)30-2)22(27-18-10-6-5-9-17(18)26-19)15-12-25-16-8-4-3-7-14(15)16/h3-10,12-13,20,22,25-27H,11H2,1-2H3/t13-,20-,22+/m1/s1. The molecule has 30 heavy (non-hydrogen) atoms. The lowest BCUT2D eigenvalue weighted by Crippen LogP contribution is -2.39.